The molecule has 1 aliphatic rings. The Morgan fingerprint density at radius 3 is 2.48 bits per heavy atom. The third-order valence-electron chi connectivity index (χ3n) is 4.17. The molecule has 0 unspecified atom stereocenters. The summed E-state index contributed by atoms with van der Waals surface area (Å²) in [4.78, 5) is 37.1. The van der Waals surface area contributed by atoms with Crippen molar-refractivity contribution in [1.29, 1.82) is 0 Å². The molecule has 0 aliphatic carbocycles. The van der Waals surface area contributed by atoms with Gasteiger partial charge >= 0.3 is 0 Å². The molecule has 0 aromatic heterocycles. The van der Waals surface area contributed by atoms with Crippen molar-refractivity contribution in [3.05, 3.63) is 58.5 Å². The second-order valence-electron chi connectivity index (χ2n) is 6.35. The van der Waals surface area contributed by atoms with Gasteiger partial charge in [-0.1, -0.05) is 23.8 Å². The van der Waals surface area contributed by atoms with Gasteiger partial charge in [0.2, 0.25) is 0 Å². The van der Waals surface area contributed by atoms with Crippen LogP contribution in [0.2, 0.25) is 0 Å². The molecule has 29 heavy (non-hydrogen) atoms. The number of amides is 3. The van der Waals surface area contributed by atoms with Crippen LogP contribution < -0.4 is 14.8 Å². The molecule has 3 rings (SSSR count). The topological polar surface area (TPSA) is 84.9 Å². The molecule has 2 aromatic rings. The van der Waals surface area contributed by atoms with Gasteiger partial charge in [0.1, 0.15) is 0 Å². The van der Waals surface area contributed by atoms with Crippen molar-refractivity contribution in [2.75, 3.05) is 26.1 Å². The molecule has 1 N–H and O–H groups in total. The van der Waals surface area contributed by atoms with Crippen LogP contribution in [0.1, 0.15) is 11.1 Å². The monoisotopic (exact) mass is 412 g/mol. The van der Waals surface area contributed by atoms with E-state index in [1.807, 2.05) is 31.2 Å². The predicted molar refractivity (Wildman–Crippen MR) is 112 cm³/mol. The highest BCUT2D eigenvalue weighted by Gasteiger charge is 2.31. The zero-order valence-corrected chi connectivity index (χ0v) is 17.0. The number of aryl methyl sites for hydroxylation is 1. The average Bonchev–Trinajstić information content (AvgIpc) is 2.95. The van der Waals surface area contributed by atoms with Crippen LogP contribution in [0.4, 0.5) is 10.5 Å². The molecule has 2 aromatic carbocycles. The number of thioether (sulfide) groups is 1. The van der Waals surface area contributed by atoms with Gasteiger partial charge in [0.05, 0.1) is 12.0 Å². The summed E-state index contributed by atoms with van der Waals surface area (Å²) in [5.74, 6) is 0.175. The zero-order valence-electron chi connectivity index (χ0n) is 16.2. The van der Waals surface area contributed by atoms with Crippen LogP contribution in [0, 0.1) is 6.92 Å². The van der Waals surface area contributed by atoms with E-state index in [-0.39, 0.29) is 23.7 Å². The van der Waals surface area contributed by atoms with Crippen molar-refractivity contribution in [1.82, 2.24) is 4.90 Å². The van der Waals surface area contributed by atoms with Crippen molar-refractivity contribution >= 4 is 40.6 Å². The van der Waals surface area contributed by atoms with Gasteiger partial charge in [-0.2, -0.15) is 0 Å². The standard InChI is InChI=1S/C21H20N2O5S/c1-13-4-7-15(8-5-13)22-19(24)12-28-16-9-6-14(10-17(16)27-3)11-18-20(25)23(2)21(26)29-18/h4-11H,12H2,1-3H3,(H,22,24)/b18-11+. The number of ether oxygens (including phenoxy) is 2. The number of imide groups is 1. The first-order valence-electron chi connectivity index (χ1n) is 8.76. The molecule has 1 heterocycles. The van der Waals surface area contributed by atoms with E-state index in [1.165, 1.54) is 14.2 Å². The lowest BCUT2D eigenvalue weighted by Gasteiger charge is -2.12. The minimum absolute atomic E-state index is 0.182. The third kappa shape index (κ3) is 4.97. The van der Waals surface area contributed by atoms with Gasteiger partial charge in [0.25, 0.3) is 17.1 Å². The van der Waals surface area contributed by atoms with Gasteiger partial charge in [-0.25, -0.2) is 0 Å². The minimum Gasteiger partial charge on any atom is -0.493 e. The van der Waals surface area contributed by atoms with Crippen LogP contribution in [-0.4, -0.2) is 42.7 Å². The van der Waals surface area contributed by atoms with Crippen LogP contribution in [0.5, 0.6) is 11.5 Å². The largest absolute Gasteiger partial charge is 0.493 e. The van der Waals surface area contributed by atoms with E-state index >= 15 is 0 Å². The van der Waals surface area contributed by atoms with E-state index in [1.54, 1.807) is 24.3 Å². The average molecular weight is 412 g/mol. The van der Waals surface area contributed by atoms with Gasteiger partial charge in [0.15, 0.2) is 18.1 Å². The summed E-state index contributed by atoms with van der Waals surface area (Å²) >= 11 is 0.884. The van der Waals surface area contributed by atoms with Gasteiger partial charge in [0, 0.05) is 12.7 Å². The lowest BCUT2D eigenvalue weighted by Crippen LogP contribution is -2.22. The number of rotatable bonds is 6. The molecule has 3 amide bonds. The lowest BCUT2D eigenvalue weighted by molar-refractivity contribution is -0.121. The Bertz CT molecular complexity index is 985. The number of nitrogens with zero attached hydrogens (tertiary/aromatic N) is 1. The Balaban J connectivity index is 1.66. The number of likely N-dealkylation sites (N-methyl/N-ethyl adjacent to an activating group) is 1. The highest BCUT2D eigenvalue weighted by molar-refractivity contribution is 8.18. The lowest BCUT2D eigenvalue weighted by atomic mass is 10.2. The normalized spacial score (nSPS) is 15.0. The number of nitrogens with one attached hydrogen (secondary N) is 1. The van der Waals surface area contributed by atoms with Crippen LogP contribution in [0.3, 0.4) is 0 Å². The van der Waals surface area contributed by atoms with Crippen LogP contribution >= 0.6 is 11.8 Å². The van der Waals surface area contributed by atoms with Crippen molar-refractivity contribution < 1.29 is 23.9 Å². The maximum Gasteiger partial charge on any atom is 0.293 e. The molecule has 7 nitrogen and oxygen atoms in total. The van der Waals surface area contributed by atoms with Gasteiger partial charge in [-0.05, 0) is 54.6 Å². The second-order valence-corrected chi connectivity index (χ2v) is 7.35. The van der Waals surface area contributed by atoms with Crippen molar-refractivity contribution in [3.8, 4) is 11.5 Å². The maximum atomic E-state index is 12.1. The molecule has 0 spiro atoms. The smallest absolute Gasteiger partial charge is 0.293 e. The number of hydrogen-bond donors (Lipinski definition) is 1. The van der Waals surface area contributed by atoms with Crippen LogP contribution in [-0.2, 0) is 9.59 Å². The molecule has 0 saturated carbocycles. The van der Waals surface area contributed by atoms with Gasteiger partial charge < -0.3 is 14.8 Å². The Labute approximate surface area is 172 Å². The predicted octanol–water partition coefficient (Wildman–Crippen LogP) is 3.69. The van der Waals surface area contributed by atoms with E-state index < -0.39 is 0 Å². The number of methoxy groups -OCH3 is 1. The fourth-order valence-electron chi connectivity index (χ4n) is 2.57. The molecule has 8 heteroatoms. The summed E-state index contributed by atoms with van der Waals surface area (Å²) in [5, 5.41) is 2.45. The van der Waals surface area contributed by atoms with E-state index in [2.05, 4.69) is 5.32 Å². The molecule has 150 valence electrons. The Morgan fingerprint density at radius 2 is 1.86 bits per heavy atom. The molecule has 1 fully saturated rings. The SMILES string of the molecule is COc1cc(/C=C2/SC(=O)N(C)C2=O)ccc1OCC(=O)Nc1ccc(C)cc1. The second kappa shape index (κ2) is 8.83. The van der Waals surface area contributed by atoms with E-state index in [0.717, 1.165) is 22.2 Å². The summed E-state index contributed by atoms with van der Waals surface area (Å²) in [5.41, 5.74) is 2.47. The Morgan fingerprint density at radius 1 is 1.14 bits per heavy atom. The molecular weight excluding hydrogens is 392 g/mol. The first kappa shape index (κ1) is 20.5. The highest BCUT2D eigenvalue weighted by atomic mass is 32.2. The Kier molecular flexibility index (Phi) is 6.23. The summed E-state index contributed by atoms with van der Waals surface area (Å²) < 4.78 is 10.9. The first-order valence-corrected chi connectivity index (χ1v) is 9.58. The maximum absolute atomic E-state index is 12.1. The number of hydrogen-bond acceptors (Lipinski definition) is 6. The molecule has 0 radical (unpaired) electrons. The van der Waals surface area contributed by atoms with E-state index in [4.69, 9.17) is 9.47 Å². The Hall–Kier alpha value is -3.26. The van der Waals surface area contributed by atoms with Crippen LogP contribution in [0.15, 0.2) is 47.4 Å². The number of anilines is 1. The number of benzene rings is 2. The summed E-state index contributed by atoms with van der Waals surface area (Å²) in [6, 6.07) is 12.5. The van der Waals surface area contributed by atoms with Crippen molar-refractivity contribution in [2.24, 2.45) is 0 Å². The summed E-state index contributed by atoms with van der Waals surface area (Å²) in [7, 11) is 2.93. The molecule has 1 aliphatic heterocycles. The zero-order chi connectivity index (χ0) is 21.0. The van der Waals surface area contributed by atoms with Gasteiger partial charge in [-0.3, -0.25) is 19.3 Å². The summed E-state index contributed by atoms with van der Waals surface area (Å²) in [6.07, 6.45) is 1.62. The molecule has 0 bridgehead atoms. The van der Waals surface area contributed by atoms with Crippen molar-refractivity contribution in [2.45, 2.75) is 6.92 Å². The minimum atomic E-state index is -0.341. The fraction of sp³-hybridized carbons (Fsp3) is 0.190. The first-order chi connectivity index (χ1) is 13.9. The molecular formula is C21H20N2O5S. The third-order valence-corrected chi connectivity index (χ3v) is 5.13. The van der Waals surface area contributed by atoms with Gasteiger partial charge in [-0.15, -0.1) is 0 Å². The number of carbonyl (C=O) groups excluding carboxylic acids is 3. The number of carbonyl (C=O) groups is 3. The quantitative estimate of drug-likeness (QED) is 0.729. The van der Waals surface area contributed by atoms with E-state index in [9.17, 15) is 14.4 Å². The van der Waals surface area contributed by atoms with Crippen molar-refractivity contribution in [3.63, 3.8) is 0 Å². The fourth-order valence-corrected chi connectivity index (χ4v) is 3.39. The molecule has 1 saturated heterocycles. The summed E-state index contributed by atoms with van der Waals surface area (Å²) in [6.45, 7) is 1.79. The highest BCUT2D eigenvalue weighted by Crippen LogP contribution is 2.33. The van der Waals surface area contributed by atoms with E-state index in [0.29, 0.717) is 27.7 Å². The molecule has 0 atom stereocenters. The van der Waals surface area contributed by atoms with Crippen LogP contribution in [0.25, 0.3) is 6.08 Å².